The summed E-state index contributed by atoms with van der Waals surface area (Å²) in [4.78, 5) is 0. The topological polar surface area (TPSA) is 0 Å². The predicted octanol–water partition coefficient (Wildman–Crippen LogP) is 1.34. The van der Waals surface area contributed by atoms with Crippen LogP contribution in [0.25, 0.3) is 0 Å². The van der Waals surface area contributed by atoms with E-state index in [1.807, 2.05) is 0 Å². The van der Waals surface area contributed by atoms with E-state index in [9.17, 15) is 13.2 Å². The van der Waals surface area contributed by atoms with Crippen LogP contribution in [0.5, 0.6) is 0 Å². The molecule has 0 rings (SSSR count). The molecule has 0 aliphatic heterocycles. The summed E-state index contributed by atoms with van der Waals surface area (Å²) in [5.41, 5.74) is 0. The summed E-state index contributed by atoms with van der Waals surface area (Å²) in [5, 5.41) is 0. The zero-order valence-corrected chi connectivity index (χ0v) is 4.05. The molecule has 5 heavy (non-hydrogen) atoms. The Kier molecular flexibility index (Phi) is 8.13. The number of halogens is 3. The summed E-state index contributed by atoms with van der Waals surface area (Å²) in [6, 6.07) is 0. The van der Waals surface area contributed by atoms with Crippen molar-refractivity contribution < 1.29 is 34.2 Å². The van der Waals surface area contributed by atoms with Gasteiger partial charge in [-0.3, -0.25) is 0 Å². The van der Waals surface area contributed by atoms with Gasteiger partial charge in [-0.1, -0.05) is 0 Å². The number of hydrogen-bond donors (Lipinski definition) is 0. The van der Waals surface area contributed by atoms with Gasteiger partial charge in [-0.2, -0.15) is 0 Å². The summed E-state index contributed by atoms with van der Waals surface area (Å²) < 4.78 is 28.8. The van der Waals surface area contributed by atoms with Crippen molar-refractivity contribution in [3.05, 3.63) is 6.68 Å². The summed E-state index contributed by atoms with van der Waals surface area (Å²) in [6.07, 6.45) is 0. The van der Waals surface area contributed by atoms with Crippen LogP contribution in [0.15, 0.2) is 0 Å². The Morgan fingerprint density at radius 1 is 1.00 bits per heavy atom. The molecule has 0 bridgehead atoms. The van der Waals surface area contributed by atoms with E-state index in [1.54, 1.807) is 0 Å². The van der Waals surface area contributed by atoms with Gasteiger partial charge in [-0.05, 0) is 0 Å². The van der Waals surface area contributed by atoms with Gasteiger partial charge in [0.1, 0.15) is 0 Å². The van der Waals surface area contributed by atoms with Gasteiger partial charge in [-0.25, -0.2) is 0 Å². The molecular formula is CF3Mo-. The minimum absolute atomic E-state index is 0. The van der Waals surface area contributed by atoms with Crippen molar-refractivity contribution in [3.8, 4) is 0 Å². The van der Waals surface area contributed by atoms with Gasteiger partial charge in [0.05, 0.1) is 0 Å². The van der Waals surface area contributed by atoms with Crippen LogP contribution in [0.1, 0.15) is 0 Å². The van der Waals surface area contributed by atoms with E-state index in [0.717, 1.165) is 0 Å². The number of rotatable bonds is 0. The normalized spacial score (nSPS) is 7.20. The van der Waals surface area contributed by atoms with Crippen molar-refractivity contribution in [1.82, 2.24) is 0 Å². The Morgan fingerprint density at radius 3 is 1.00 bits per heavy atom. The van der Waals surface area contributed by atoms with Crippen molar-refractivity contribution in [2.45, 2.75) is 0 Å². The predicted molar refractivity (Wildman–Crippen MR) is 6.57 cm³/mol. The molecule has 0 heterocycles. The van der Waals surface area contributed by atoms with Gasteiger partial charge in [0.15, 0.2) is 6.68 Å². The van der Waals surface area contributed by atoms with Gasteiger partial charge < -0.3 is 13.2 Å². The van der Waals surface area contributed by atoms with E-state index in [1.165, 1.54) is 0 Å². The second-order valence-electron chi connectivity index (χ2n) is 0.214. The molecule has 4 heteroatoms. The molecule has 0 saturated carbocycles. The molecule has 0 atom stereocenters. The van der Waals surface area contributed by atoms with Crippen molar-refractivity contribution >= 4 is 0 Å². The Bertz CT molecular complexity index is 11.6. The Balaban J connectivity index is 0. The van der Waals surface area contributed by atoms with Crippen LogP contribution in [0, 0.1) is 6.68 Å². The van der Waals surface area contributed by atoms with Gasteiger partial charge >= 0.3 is 0 Å². The molecule has 0 N–H and O–H groups in total. The average molecular weight is 165 g/mol. The fourth-order valence-corrected chi connectivity index (χ4v) is 0. The maximum atomic E-state index is 9.58. The van der Waals surface area contributed by atoms with E-state index in [2.05, 4.69) is 0 Å². The Hall–Kier alpha value is 0.478. The zero-order valence-electron chi connectivity index (χ0n) is 2.04. The minimum atomic E-state index is -3.08. The minimum Gasteiger partial charge on any atom is -0.385 e. The molecule has 0 amide bonds. The summed E-state index contributed by atoms with van der Waals surface area (Å²) in [7, 11) is 0. The van der Waals surface area contributed by atoms with Crippen LogP contribution in [0.4, 0.5) is 13.2 Å². The quantitative estimate of drug-likeness (QED) is 0.375. The molecule has 0 unspecified atom stereocenters. The second-order valence-corrected chi connectivity index (χ2v) is 0.214. The average Bonchev–Trinajstić information content (AvgIpc) is 0.811. The van der Waals surface area contributed by atoms with Crippen LogP contribution in [-0.4, -0.2) is 0 Å². The molecular weight excluding hydrogens is 165 g/mol. The van der Waals surface area contributed by atoms with Gasteiger partial charge in [0.2, 0.25) is 0 Å². The summed E-state index contributed by atoms with van der Waals surface area (Å²) in [6.45, 7) is -3.08. The van der Waals surface area contributed by atoms with Crippen molar-refractivity contribution in [3.63, 3.8) is 0 Å². The molecule has 0 spiro atoms. The van der Waals surface area contributed by atoms with Crippen LogP contribution >= 0.6 is 0 Å². The third-order valence-corrected chi connectivity index (χ3v) is 0. The zero-order chi connectivity index (χ0) is 3.58. The molecule has 0 nitrogen and oxygen atoms in total. The Morgan fingerprint density at radius 2 is 1.00 bits per heavy atom. The molecule has 0 aliphatic carbocycles. The van der Waals surface area contributed by atoms with Crippen molar-refractivity contribution in [2.75, 3.05) is 0 Å². The monoisotopic (exact) mass is 167 g/mol. The van der Waals surface area contributed by atoms with Gasteiger partial charge in [0.25, 0.3) is 0 Å². The second kappa shape index (κ2) is 4.48. The molecule has 0 aromatic carbocycles. The first-order chi connectivity index (χ1) is 1.73. The SMILES string of the molecule is F[C-](F)F.[Mo]. The Labute approximate surface area is 41.6 Å². The molecule has 0 aromatic rings. The van der Waals surface area contributed by atoms with Gasteiger partial charge in [-0.15, -0.1) is 0 Å². The maximum absolute atomic E-state index is 9.58. The first-order valence-electron chi connectivity index (χ1n) is 0.567. The molecule has 0 saturated heterocycles. The van der Waals surface area contributed by atoms with E-state index in [0.29, 0.717) is 0 Å². The van der Waals surface area contributed by atoms with Crippen LogP contribution in [-0.2, 0) is 21.1 Å². The molecule has 0 aliphatic rings. The summed E-state index contributed by atoms with van der Waals surface area (Å²) >= 11 is 0. The number of hydrogen-bond acceptors (Lipinski definition) is 0. The molecule has 0 radical (unpaired) electrons. The molecule has 0 fully saturated rings. The van der Waals surface area contributed by atoms with Crippen LogP contribution < -0.4 is 0 Å². The van der Waals surface area contributed by atoms with E-state index in [-0.39, 0.29) is 21.1 Å². The van der Waals surface area contributed by atoms with Crippen molar-refractivity contribution in [2.24, 2.45) is 0 Å². The maximum Gasteiger partial charge on any atom is 0.154 e. The van der Waals surface area contributed by atoms with E-state index >= 15 is 0 Å². The fourth-order valence-electron chi connectivity index (χ4n) is 0. The third kappa shape index (κ3) is 120. The van der Waals surface area contributed by atoms with E-state index in [4.69, 9.17) is 0 Å². The largest absolute Gasteiger partial charge is 0.385 e. The standard InChI is InChI=1S/CF3.Mo/c2-1(3)4;/q-1;. The van der Waals surface area contributed by atoms with Gasteiger partial charge in [0, 0.05) is 21.1 Å². The molecule has 0 aromatic heterocycles. The summed E-state index contributed by atoms with van der Waals surface area (Å²) in [5.74, 6) is 0. The van der Waals surface area contributed by atoms with E-state index < -0.39 is 6.68 Å². The molecule has 32 valence electrons. The first kappa shape index (κ1) is 9.08. The third-order valence-electron chi connectivity index (χ3n) is 0. The smallest absolute Gasteiger partial charge is 0.154 e. The van der Waals surface area contributed by atoms with Crippen molar-refractivity contribution in [1.29, 1.82) is 0 Å². The first-order valence-corrected chi connectivity index (χ1v) is 0.567. The van der Waals surface area contributed by atoms with Crippen LogP contribution in [0.3, 0.4) is 0 Å². The van der Waals surface area contributed by atoms with Crippen LogP contribution in [0.2, 0.25) is 0 Å². The fraction of sp³-hybridized carbons (Fsp3) is 0.